The first kappa shape index (κ1) is 9.93. The number of rotatable bonds is 4. The lowest BCUT2D eigenvalue weighted by molar-refractivity contribution is -0.0536. The Morgan fingerprint density at radius 1 is 1.30 bits per heavy atom. The van der Waals surface area contributed by atoms with Crippen LogP contribution >= 0.6 is 12.2 Å². The van der Waals surface area contributed by atoms with Gasteiger partial charge in [0.05, 0.1) is 6.61 Å². The second-order valence-electron chi connectivity index (χ2n) is 1.87. The van der Waals surface area contributed by atoms with Crippen LogP contribution in [-0.4, -0.2) is 50.7 Å². The summed E-state index contributed by atoms with van der Waals surface area (Å²) < 4.78 is 0. The third-order valence-corrected chi connectivity index (χ3v) is 1.35. The Balaban J connectivity index is 3.80. The van der Waals surface area contributed by atoms with Gasteiger partial charge in [0.15, 0.2) is 0 Å². The molecule has 0 aromatic rings. The van der Waals surface area contributed by atoms with Crippen LogP contribution in [0.1, 0.15) is 0 Å². The van der Waals surface area contributed by atoms with Crippen molar-refractivity contribution in [3.63, 3.8) is 0 Å². The van der Waals surface area contributed by atoms with E-state index in [0.29, 0.717) is 0 Å². The summed E-state index contributed by atoms with van der Waals surface area (Å²) in [6.07, 6.45) is -4.01. The third kappa shape index (κ3) is 2.68. The van der Waals surface area contributed by atoms with Crippen molar-refractivity contribution in [2.45, 2.75) is 18.3 Å². The lowest BCUT2D eigenvalue weighted by Gasteiger charge is -2.17. The number of thiocarbonyl (C=S) groups is 1. The summed E-state index contributed by atoms with van der Waals surface area (Å²) >= 11 is 4.29. The molecule has 0 fully saturated rings. The van der Waals surface area contributed by atoms with E-state index in [1.54, 1.807) is 0 Å². The number of aliphatic hydroxyl groups excluding tert-OH is 4. The Morgan fingerprint density at radius 2 is 1.80 bits per heavy atom. The van der Waals surface area contributed by atoms with Crippen molar-refractivity contribution in [3.05, 3.63) is 0 Å². The molecule has 60 valence electrons. The molecular weight excluding hydrogens is 156 g/mol. The predicted molar refractivity (Wildman–Crippen MR) is 38.8 cm³/mol. The highest BCUT2D eigenvalue weighted by Gasteiger charge is 2.21. The molecule has 0 aromatic heterocycles. The van der Waals surface area contributed by atoms with E-state index in [4.69, 9.17) is 20.4 Å². The summed E-state index contributed by atoms with van der Waals surface area (Å²) in [7, 11) is 0. The minimum Gasteiger partial charge on any atom is -0.394 e. The number of hydrogen-bond donors (Lipinski definition) is 4. The topological polar surface area (TPSA) is 80.9 Å². The van der Waals surface area contributed by atoms with E-state index in [1.165, 1.54) is 0 Å². The zero-order valence-electron chi connectivity index (χ0n) is 5.21. The number of aliphatic hydroxyl groups is 4. The van der Waals surface area contributed by atoms with Crippen LogP contribution in [0.5, 0.6) is 0 Å². The van der Waals surface area contributed by atoms with Crippen LogP contribution in [0.15, 0.2) is 0 Å². The minimum atomic E-state index is -1.40. The van der Waals surface area contributed by atoms with Gasteiger partial charge >= 0.3 is 0 Å². The van der Waals surface area contributed by atoms with Gasteiger partial charge in [-0.2, -0.15) is 0 Å². The monoisotopic (exact) mass is 166 g/mol. The lowest BCUT2D eigenvalue weighted by Crippen LogP contribution is -2.39. The van der Waals surface area contributed by atoms with Gasteiger partial charge in [-0.25, -0.2) is 0 Å². The van der Waals surface area contributed by atoms with E-state index in [-0.39, 0.29) is 0 Å². The average molecular weight is 166 g/mol. The molecule has 4 N–H and O–H groups in total. The molecule has 0 bridgehead atoms. The molecule has 0 unspecified atom stereocenters. The molecule has 0 spiro atoms. The highest BCUT2D eigenvalue weighted by Crippen LogP contribution is 1.97. The lowest BCUT2D eigenvalue weighted by atomic mass is 10.1. The van der Waals surface area contributed by atoms with Crippen molar-refractivity contribution in [2.24, 2.45) is 0 Å². The van der Waals surface area contributed by atoms with Crippen molar-refractivity contribution >= 4 is 17.6 Å². The van der Waals surface area contributed by atoms with Crippen LogP contribution in [0.4, 0.5) is 0 Å². The van der Waals surface area contributed by atoms with E-state index in [2.05, 4.69) is 12.2 Å². The van der Waals surface area contributed by atoms with E-state index in [9.17, 15) is 0 Å². The fourth-order valence-corrected chi connectivity index (χ4v) is 0.577. The molecule has 0 aromatic carbocycles. The summed E-state index contributed by atoms with van der Waals surface area (Å²) in [6, 6.07) is 0. The summed E-state index contributed by atoms with van der Waals surface area (Å²) in [6.45, 7) is -0.596. The molecule has 0 aliphatic heterocycles. The van der Waals surface area contributed by atoms with Crippen LogP contribution in [0.3, 0.4) is 0 Å². The Labute approximate surface area is 63.7 Å². The molecule has 0 saturated heterocycles. The van der Waals surface area contributed by atoms with Crippen molar-refractivity contribution < 1.29 is 20.4 Å². The zero-order chi connectivity index (χ0) is 8.15. The van der Waals surface area contributed by atoms with Crippen LogP contribution in [0.2, 0.25) is 0 Å². The van der Waals surface area contributed by atoms with Gasteiger partial charge < -0.3 is 20.4 Å². The number of hydrogen-bond acceptors (Lipinski definition) is 5. The molecule has 4 nitrogen and oxygen atoms in total. The maximum atomic E-state index is 8.83. The van der Waals surface area contributed by atoms with Gasteiger partial charge in [0.2, 0.25) is 0 Å². The molecule has 0 rings (SSSR count). The minimum absolute atomic E-state index is 0.596. The molecule has 0 radical (unpaired) electrons. The van der Waals surface area contributed by atoms with E-state index in [1.807, 2.05) is 0 Å². The second-order valence-corrected chi connectivity index (χ2v) is 2.14. The highest BCUT2D eigenvalue weighted by atomic mass is 32.1. The molecule has 10 heavy (non-hydrogen) atoms. The maximum absolute atomic E-state index is 8.83. The van der Waals surface area contributed by atoms with Crippen molar-refractivity contribution in [1.29, 1.82) is 0 Å². The molecule has 0 heterocycles. The summed E-state index contributed by atoms with van der Waals surface area (Å²) in [5.74, 6) is 0. The molecule has 0 amide bonds. The normalized spacial score (nSPS) is 19.6. The largest absolute Gasteiger partial charge is 0.394 e. The summed E-state index contributed by atoms with van der Waals surface area (Å²) in [5.41, 5.74) is 0. The van der Waals surface area contributed by atoms with Crippen molar-refractivity contribution in [2.75, 3.05) is 6.61 Å². The van der Waals surface area contributed by atoms with Gasteiger partial charge in [-0.05, 0) is 0 Å². The van der Waals surface area contributed by atoms with Crippen LogP contribution < -0.4 is 0 Å². The fourth-order valence-electron chi connectivity index (χ4n) is 0.416. The fraction of sp³-hybridized carbons (Fsp3) is 0.800. The second kappa shape index (κ2) is 4.70. The first-order valence-corrected chi connectivity index (χ1v) is 3.21. The van der Waals surface area contributed by atoms with Gasteiger partial charge in [-0.3, -0.25) is 0 Å². The zero-order valence-corrected chi connectivity index (χ0v) is 6.03. The molecule has 3 atom stereocenters. The summed E-state index contributed by atoms with van der Waals surface area (Å²) in [4.78, 5) is 0. The highest BCUT2D eigenvalue weighted by molar-refractivity contribution is 7.79. The molecule has 0 saturated carbocycles. The molecule has 0 aliphatic carbocycles. The third-order valence-electron chi connectivity index (χ3n) is 1.07. The van der Waals surface area contributed by atoms with E-state index < -0.39 is 24.9 Å². The average Bonchev–Trinajstić information content (AvgIpc) is 2.00. The van der Waals surface area contributed by atoms with Gasteiger partial charge in [0.1, 0.15) is 18.3 Å². The summed E-state index contributed by atoms with van der Waals surface area (Å²) in [5, 5.41) is 35.5. The predicted octanol–water partition coefficient (Wildman–Crippen LogP) is -1.94. The van der Waals surface area contributed by atoms with Gasteiger partial charge in [0.25, 0.3) is 0 Å². The molecular formula is C5H10O4S. The van der Waals surface area contributed by atoms with Crippen molar-refractivity contribution in [1.82, 2.24) is 0 Å². The Kier molecular flexibility index (Phi) is 4.67. The first-order chi connectivity index (χ1) is 4.63. The van der Waals surface area contributed by atoms with Crippen LogP contribution in [-0.2, 0) is 0 Å². The van der Waals surface area contributed by atoms with Crippen molar-refractivity contribution in [3.8, 4) is 0 Å². The van der Waals surface area contributed by atoms with Gasteiger partial charge in [-0.1, -0.05) is 12.2 Å². The Hall–Kier alpha value is -0.0700. The SMILES string of the molecule is OC[C@@H](O)[C@@H](O)[C@H](O)C=S. The quantitative estimate of drug-likeness (QED) is 0.365. The standard InChI is InChI=1S/C5H10O4S/c6-1-3(7)5(9)4(8)2-10/h2-9H,1H2/t3-,4-,5-/m1/s1. The Bertz CT molecular complexity index is 108. The van der Waals surface area contributed by atoms with Crippen LogP contribution in [0, 0.1) is 0 Å². The first-order valence-electron chi connectivity index (χ1n) is 2.73. The maximum Gasteiger partial charge on any atom is 0.112 e. The van der Waals surface area contributed by atoms with Crippen LogP contribution in [0.25, 0.3) is 0 Å². The Morgan fingerprint density at radius 3 is 2.10 bits per heavy atom. The van der Waals surface area contributed by atoms with E-state index in [0.717, 1.165) is 5.37 Å². The van der Waals surface area contributed by atoms with Gasteiger partial charge in [-0.15, -0.1) is 0 Å². The molecule has 5 heteroatoms. The smallest absolute Gasteiger partial charge is 0.112 e. The van der Waals surface area contributed by atoms with E-state index >= 15 is 0 Å². The molecule has 0 aliphatic rings. The van der Waals surface area contributed by atoms with Gasteiger partial charge in [0, 0.05) is 5.37 Å².